The van der Waals surface area contributed by atoms with Gasteiger partial charge in [-0.15, -0.1) is 0 Å². The van der Waals surface area contributed by atoms with Crippen LogP contribution < -0.4 is 9.62 Å². The fourth-order valence-electron chi connectivity index (χ4n) is 2.94. The molecule has 1 amide bonds. The Morgan fingerprint density at radius 2 is 1.71 bits per heavy atom. The van der Waals surface area contributed by atoms with Crippen LogP contribution in [0, 0.1) is 0 Å². The van der Waals surface area contributed by atoms with Gasteiger partial charge in [0.25, 0.3) is 5.91 Å². The molecule has 1 aliphatic rings. The molecule has 1 saturated heterocycles. The van der Waals surface area contributed by atoms with Crippen molar-refractivity contribution in [1.82, 2.24) is 19.6 Å². The summed E-state index contributed by atoms with van der Waals surface area (Å²) in [6, 6.07) is 7.72. The van der Waals surface area contributed by atoms with Crippen molar-refractivity contribution in [3.63, 3.8) is 0 Å². The molecule has 2 aromatic rings. The van der Waals surface area contributed by atoms with Crippen LogP contribution in [-0.4, -0.2) is 61.4 Å². The zero-order chi connectivity index (χ0) is 20.1. The highest BCUT2D eigenvalue weighted by Gasteiger charge is 2.24. The summed E-state index contributed by atoms with van der Waals surface area (Å²) in [6.07, 6.45) is 4.10. The van der Waals surface area contributed by atoms with E-state index in [-0.39, 0.29) is 16.8 Å². The van der Waals surface area contributed by atoms with E-state index in [0.717, 1.165) is 0 Å². The number of aromatic nitrogens is 2. The van der Waals surface area contributed by atoms with Gasteiger partial charge in [0.15, 0.2) is 0 Å². The number of anilines is 1. The number of carbonyl (C=O) groups excluding carboxylic acids is 1. The molecule has 1 fully saturated rings. The quantitative estimate of drug-likeness (QED) is 0.786. The third-order valence-electron chi connectivity index (χ3n) is 4.78. The molecule has 1 aromatic carbocycles. The lowest BCUT2D eigenvalue weighted by molar-refractivity contribution is 0.0746. The van der Waals surface area contributed by atoms with Gasteiger partial charge in [0, 0.05) is 50.2 Å². The number of nitrogens with one attached hydrogen (secondary N) is 1. The van der Waals surface area contributed by atoms with Crippen molar-refractivity contribution < 1.29 is 13.2 Å². The number of nitrogens with zero attached hydrogens (tertiary/aromatic N) is 4. The topological polar surface area (TPSA) is 95.5 Å². The van der Waals surface area contributed by atoms with Crippen molar-refractivity contribution in [3.8, 4) is 0 Å². The normalized spacial score (nSPS) is 16.1. The van der Waals surface area contributed by atoms with Crippen LogP contribution in [0.5, 0.6) is 0 Å². The van der Waals surface area contributed by atoms with Gasteiger partial charge in [0.05, 0.1) is 4.90 Å². The SMILES string of the molecule is CCC(C)NS(=O)(=O)c1ccc(C(=O)N2CCN(c3ncccn3)CC2)cc1. The van der Waals surface area contributed by atoms with Crippen LogP contribution in [0.1, 0.15) is 30.6 Å². The van der Waals surface area contributed by atoms with E-state index in [1.54, 1.807) is 35.5 Å². The molecule has 1 aliphatic heterocycles. The predicted molar refractivity (Wildman–Crippen MR) is 107 cm³/mol. The molecular formula is C19H25N5O3S. The summed E-state index contributed by atoms with van der Waals surface area (Å²) in [7, 11) is -3.57. The molecule has 9 heteroatoms. The van der Waals surface area contributed by atoms with E-state index in [4.69, 9.17) is 0 Å². The minimum Gasteiger partial charge on any atom is -0.337 e. The number of amides is 1. The van der Waals surface area contributed by atoms with Gasteiger partial charge in [0.2, 0.25) is 16.0 Å². The number of hydrogen-bond donors (Lipinski definition) is 1. The first-order valence-corrected chi connectivity index (χ1v) is 10.8. The molecule has 1 unspecified atom stereocenters. The molecule has 0 aliphatic carbocycles. The van der Waals surface area contributed by atoms with E-state index in [2.05, 4.69) is 14.7 Å². The Hall–Kier alpha value is -2.52. The second-order valence-electron chi connectivity index (χ2n) is 6.78. The number of piperazine rings is 1. The van der Waals surface area contributed by atoms with Crippen molar-refractivity contribution in [2.24, 2.45) is 0 Å². The number of sulfonamides is 1. The number of hydrogen-bond acceptors (Lipinski definition) is 6. The monoisotopic (exact) mass is 403 g/mol. The van der Waals surface area contributed by atoms with E-state index in [9.17, 15) is 13.2 Å². The number of benzene rings is 1. The van der Waals surface area contributed by atoms with Crippen molar-refractivity contribution in [2.75, 3.05) is 31.1 Å². The lowest BCUT2D eigenvalue weighted by Gasteiger charge is -2.34. The largest absolute Gasteiger partial charge is 0.337 e. The van der Waals surface area contributed by atoms with E-state index < -0.39 is 10.0 Å². The summed E-state index contributed by atoms with van der Waals surface area (Å²) in [5, 5.41) is 0. The number of rotatable bonds is 6. The van der Waals surface area contributed by atoms with Crippen molar-refractivity contribution in [3.05, 3.63) is 48.3 Å². The lowest BCUT2D eigenvalue weighted by Crippen LogP contribution is -2.49. The Morgan fingerprint density at radius 3 is 2.29 bits per heavy atom. The molecule has 3 rings (SSSR count). The first kappa shape index (κ1) is 20.2. The molecule has 1 N–H and O–H groups in total. The van der Waals surface area contributed by atoms with Gasteiger partial charge in [-0.3, -0.25) is 4.79 Å². The van der Waals surface area contributed by atoms with Crippen LogP contribution in [-0.2, 0) is 10.0 Å². The molecular weight excluding hydrogens is 378 g/mol. The van der Waals surface area contributed by atoms with Crippen molar-refractivity contribution in [1.29, 1.82) is 0 Å². The minimum atomic E-state index is -3.57. The van der Waals surface area contributed by atoms with Crippen LogP contribution in [0.3, 0.4) is 0 Å². The second kappa shape index (κ2) is 8.66. The summed E-state index contributed by atoms with van der Waals surface area (Å²) in [6.45, 7) is 6.16. The van der Waals surface area contributed by atoms with Crippen LogP contribution in [0.2, 0.25) is 0 Å². The minimum absolute atomic E-state index is 0.104. The van der Waals surface area contributed by atoms with Crippen molar-refractivity contribution in [2.45, 2.75) is 31.2 Å². The zero-order valence-electron chi connectivity index (χ0n) is 16.1. The van der Waals surface area contributed by atoms with Crippen LogP contribution in [0.25, 0.3) is 0 Å². The highest BCUT2D eigenvalue weighted by Crippen LogP contribution is 2.15. The summed E-state index contributed by atoms with van der Waals surface area (Å²) >= 11 is 0. The molecule has 0 bridgehead atoms. The standard InChI is InChI=1S/C19H25N5O3S/c1-3-15(2)22-28(26,27)17-7-5-16(6-8-17)18(25)23-11-13-24(14-12-23)19-20-9-4-10-21-19/h4-10,15,22H,3,11-14H2,1-2H3. The summed E-state index contributed by atoms with van der Waals surface area (Å²) < 4.78 is 27.3. The molecule has 2 heterocycles. The average Bonchev–Trinajstić information content (AvgIpc) is 2.73. The predicted octanol–water partition coefficient (Wildman–Crippen LogP) is 1.52. The fraction of sp³-hybridized carbons (Fsp3) is 0.421. The highest BCUT2D eigenvalue weighted by molar-refractivity contribution is 7.89. The van der Waals surface area contributed by atoms with Gasteiger partial charge in [-0.25, -0.2) is 23.1 Å². The van der Waals surface area contributed by atoms with E-state index in [1.165, 1.54) is 12.1 Å². The molecule has 0 radical (unpaired) electrons. The Bertz CT molecular complexity index is 895. The third-order valence-corrected chi connectivity index (χ3v) is 6.39. The maximum absolute atomic E-state index is 12.7. The van der Waals surface area contributed by atoms with Gasteiger partial charge in [-0.05, 0) is 43.7 Å². The summed E-state index contributed by atoms with van der Waals surface area (Å²) in [4.78, 5) is 25.2. The highest BCUT2D eigenvalue weighted by atomic mass is 32.2. The van der Waals surface area contributed by atoms with Crippen LogP contribution in [0.4, 0.5) is 5.95 Å². The Morgan fingerprint density at radius 1 is 1.11 bits per heavy atom. The first-order chi connectivity index (χ1) is 13.4. The smallest absolute Gasteiger partial charge is 0.253 e. The van der Waals surface area contributed by atoms with E-state index in [1.807, 2.05) is 18.7 Å². The number of carbonyl (C=O) groups is 1. The first-order valence-electron chi connectivity index (χ1n) is 9.34. The molecule has 8 nitrogen and oxygen atoms in total. The summed E-state index contributed by atoms with van der Waals surface area (Å²) in [5.74, 6) is 0.561. The van der Waals surface area contributed by atoms with Gasteiger partial charge in [0.1, 0.15) is 0 Å². The molecule has 0 spiro atoms. The second-order valence-corrected chi connectivity index (χ2v) is 8.50. The molecule has 150 valence electrons. The average molecular weight is 404 g/mol. The van der Waals surface area contributed by atoms with Crippen molar-refractivity contribution >= 4 is 21.9 Å². The molecule has 1 aromatic heterocycles. The third kappa shape index (κ3) is 4.66. The lowest BCUT2D eigenvalue weighted by atomic mass is 10.2. The Kier molecular flexibility index (Phi) is 6.25. The molecule has 1 atom stereocenters. The van der Waals surface area contributed by atoms with Crippen LogP contribution >= 0.6 is 0 Å². The maximum Gasteiger partial charge on any atom is 0.253 e. The van der Waals surface area contributed by atoms with Gasteiger partial charge in [-0.1, -0.05) is 6.92 Å². The van der Waals surface area contributed by atoms with E-state index in [0.29, 0.717) is 44.1 Å². The molecule has 0 saturated carbocycles. The van der Waals surface area contributed by atoms with Gasteiger partial charge < -0.3 is 9.80 Å². The van der Waals surface area contributed by atoms with Crippen LogP contribution in [0.15, 0.2) is 47.6 Å². The molecule has 28 heavy (non-hydrogen) atoms. The fourth-order valence-corrected chi connectivity index (χ4v) is 4.27. The Balaban J connectivity index is 1.62. The Labute approximate surface area is 165 Å². The zero-order valence-corrected chi connectivity index (χ0v) is 16.9. The van der Waals surface area contributed by atoms with Gasteiger partial charge >= 0.3 is 0 Å². The van der Waals surface area contributed by atoms with E-state index >= 15 is 0 Å². The summed E-state index contributed by atoms with van der Waals surface area (Å²) in [5.41, 5.74) is 0.479. The van der Waals surface area contributed by atoms with Gasteiger partial charge in [-0.2, -0.15) is 0 Å². The maximum atomic E-state index is 12.7.